The topological polar surface area (TPSA) is 102 Å². The summed E-state index contributed by atoms with van der Waals surface area (Å²) in [4.78, 5) is -0.166. The van der Waals surface area contributed by atoms with E-state index in [2.05, 4.69) is 11.9 Å². The summed E-state index contributed by atoms with van der Waals surface area (Å²) >= 11 is 0. The molecule has 1 aliphatic rings. The molecular weight excluding hydrogens is 472 g/mol. The highest BCUT2D eigenvalue weighted by Crippen LogP contribution is 2.40. The Kier molecular flexibility index (Phi) is 5.62. The van der Waals surface area contributed by atoms with Crippen molar-refractivity contribution in [3.8, 4) is 11.5 Å². The lowest BCUT2D eigenvalue weighted by molar-refractivity contribution is 0.471. The maximum atomic E-state index is 12.2. The number of nitrogens with one attached hydrogen (secondary N) is 1. The number of fused-ring (bicyclic) bond motifs is 2. The molecule has 36 heavy (non-hydrogen) atoms. The van der Waals surface area contributed by atoms with Crippen LogP contribution in [0.4, 0.5) is 17.1 Å². The number of nitrogen functional groups attached to an aromatic ring is 1. The largest absolute Gasteiger partial charge is 0.456 e. The van der Waals surface area contributed by atoms with Gasteiger partial charge in [0, 0.05) is 45.0 Å². The van der Waals surface area contributed by atoms with E-state index in [0.717, 1.165) is 39.0 Å². The lowest BCUT2D eigenvalue weighted by Gasteiger charge is -2.23. The first-order valence-corrected chi connectivity index (χ1v) is 12.8. The first-order chi connectivity index (χ1) is 17.0. The minimum atomic E-state index is -4.46. The van der Waals surface area contributed by atoms with Gasteiger partial charge in [0.1, 0.15) is 16.4 Å². The Bertz CT molecular complexity index is 1780. The van der Waals surface area contributed by atoms with Crippen LogP contribution in [0.3, 0.4) is 0 Å². The van der Waals surface area contributed by atoms with Crippen molar-refractivity contribution in [2.45, 2.75) is 25.7 Å². The van der Waals surface area contributed by atoms with E-state index in [1.54, 1.807) is 18.2 Å². The molecule has 7 heteroatoms. The molecule has 182 valence electrons. The van der Waals surface area contributed by atoms with E-state index in [0.29, 0.717) is 33.4 Å². The Labute approximate surface area is 210 Å². The zero-order valence-electron chi connectivity index (χ0n) is 20.2. The summed E-state index contributed by atoms with van der Waals surface area (Å²) < 4.78 is 40.7. The van der Waals surface area contributed by atoms with Gasteiger partial charge in [-0.2, -0.15) is 8.42 Å². The summed E-state index contributed by atoms with van der Waals surface area (Å²) in [5, 5.41) is 4.94. The third kappa shape index (κ3) is 4.02. The molecule has 0 unspecified atom stereocenters. The molecule has 0 fully saturated rings. The van der Waals surface area contributed by atoms with E-state index in [9.17, 15) is 13.0 Å². The van der Waals surface area contributed by atoms with Crippen LogP contribution in [0.1, 0.15) is 27.8 Å². The normalized spacial score (nSPS) is 12.5. The molecule has 4 aromatic carbocycles. The molecule has 4 N–H and O–H groups in total. The quantitative estimate of drug-likeness (QED) is 0.239. The molecule has 6 nitrogen and oxygen atoms in total. The number of rotatable bonds is 4. The number of nitrogens with two attached hydrogens (primary N) is 1. The molecule has 0 radical (unpaired) electrons. The smallest absolute Gasteiger partial charge is 0.295 e. The number of anilines is 3. The van der Waals surface area contributed by atoms with Crippen molar-refractivity contribution in [3.05, 3.63) is 105 Å². The number of ether oxygens (including phenoxy) is 1. The number of aryl methyl sites for hydroxylation is 2. The van der Waals surface area contributed by atoms with Crippen molar-refractivity contribution in [3.63, 3.8) is 0 Å². The average molecular weight is 499 g/mol. The zero-order valence-corrected chi connectivity index (χ0v) is 21.0. The van der Waals surface area contributed by atoms with E-state index in [-0.39, 0.29) is 4.90 Å². The summed E-state index contributed by atoms with van der Waals surface area (Å²) in [5.41, 5.74) is 13.5. The van der Waals surface area contributed by atoms with Gasteiger partial charge in [-0.15, -0.1) is 0 Å². The molecule has 0 saturated carbocycles. The molecule has 1 aliphatic heterocycles. The van der Waals surface area contributed by atoms with Crippen LogP contribution < -0.4 is 26.2 Å². The van der Waals surface area contributed by atoms with Gasteiger partial charge in [0.25, 0.3) is 10.1 Å². The van der Waals surface area contributed by atoms with Crippen molar-refractivity contribution in [1.29, 1.82) is 0 Å². The first-order valence-electron chi connectivity index (χ1n) is 11.4. The molecule has 4 aromatic rings. The van der Waals surface area contributed by atoms with Crippen LogP contribution in [-0.4, -0.2) is 13.0 Å². The van der Waals surface area contributed by atoms with E-state index >= 15 is 0 Å². The number of hydrogen-bond acceptors (Lipinski definition) is 5. The van der Waals surface area contributed by atoms with Crippen LogP contribution in [0.5, 0.6) is 11.5 Å². The zero-order chi connectivity index (χ0) is 25.8. The van der Waals surface area contributed by atoms with Crippen LogP contribution >= 0.6 is 0 Å². The minimum absolute atomic E-state index is 0.166. The average Bonchev–Trinajstić information content (AvgIpc) is 2.83. The van der Waals surface area contributed by atoms with Crippen molar-refractivity contribution in [2.75, 3.05) is 11.1 Å². The van der Waals surface area contributed by atoms with Crippen molar-refractivity contribution >= 4 is 39.3 Å². The predicted octanol–water partition coefficient (Wildman–Crippen LogP) is 4.95. The highest BCUT2D eigenvalue weighted by Gasteiger charge is 2.25. The molecule has 0 amide bonds. The minimum Gasteiger partial charge on any atom is -0.456 e. The lowest BCUT2D eigenvalue weighted by Crippen LogP contribution is -2.20. The summed E-state index contributed by atoms with van der Waals surface area (Å²) in [6.45, 7) is 10.00. The van der Waals surface area contributed by atoms with Crippen LogP contribution in [-0.2, 0) is 10.1 Å². The SMILES string of the molecule is C=c1ccc2c(c1)Oc1cc(Nc3c(C)cc(C)c(N)c3C)ccc1C=2c1ccccc1S(=O)(=O)O. The van der Waals surface area contributed by atoms with Crippen LogP contribution in [0.15, 0.2) is 71.6 Å². The fourth-order valence-electron chi connectivity index (χ4n) is 4.74. The molecule has 0 saturated heterocycles. The molecule has 0 atom stereocenters. The second-order valence-corrected chi connectivity index (χ2v) is 10.4. The van der Waals surface area contributed by atoms with Crippen molar-refractivity contribution in [1.82, 2.24) is 0 Å². The molecule has 0 spiro atoms. The van der Waals surface area contributed by atoms with E-state index in [4.69, 9.17) is 10.5 Å². The van der Waals surface area contributed by atoms with Gasteiger partial charge in [-0.3, -0.25) is 4.55 Å². The van der Waals surface area contributed by atoms with Gasteiger partial charge in [-0.05, 0) is 66.9 Å². The van der Waals surface area contributed by atoms with Gasteiger partial charge in [-0.25, -0.2) is 0 Å². The van der Waals surface area contributed by atoms with Gasteiger partial charge < -0.3 is 15.8 Å². The monoisotopic (exact) mass is 498 g/mol. The predicted molar refractivity (Wildman–Crippen MR) is 144 cm³/mol. The van der Waals surface area contributed by atoms with Gasteiger partial charge in [0.2, 0.25) is 0 Å². The Morgan fingerprint density at radius 2 is 1.64 bits per heavy atom. The maximum Gasteiger partial charge on any atom is 0.295 e. The van der Waals surface area contributed by atoms with Crippen LogP contribution in [0.25, 0.3) is 12.2 Å². The Hall–Kier alpha value is -4.07. The fraction of sp³-hybridized carbons (Fsp3) is 0.103. The highest BCUT2D eigenvalue weighted by atomic mass is 32.2. The van der Waals surface area contributed by atoms with Gasteiger partial charge in [-0.1, -0.05) is 43.0 Å². The second kappa shape index (κ2) is 8.55. The van der Waals surface area contributed by atoms with Gasteiger partial charge in [0.05, 0.1) is 0 Å². The highest BCUT2D eigenvalue weighted by molar-refractivity contribution is 7.86. The first kappa shape index (κ1) is 23.7. The van der Waals surface area contributed by atoms with Crippen molar-refractivity contribution < 1.29 is 17.7 Å². The van der Waals surface area contributed by atoms with Crippen LogP contribution in [0, 0.1) is 20.8 Å². The number of hydrogen-bond donors (Lipinski definition) is 3. The third-order valence-corrected chi connectivity index (χ3v) is 7.43. The molecular formula is C29H26N2O4S. The molecule has 0 aromatic heterocycles. The van der Waals surface area contributed by atoms with E-state index < -0.39 is 10.1 Å². The molecule has 0 bridgehead atoms. The van der Waals surface area contributed by atoms with E-state index in [1.807, 2.05) is 63.2 Å². The maximum absolute atomic E-state index is 12.2. The molecule has 0 aliphatic carbocycles. The van der Waals surface area contributed by atoms with Crippen molar-refractivity contribution in [2.24, 2.45) is 0 Å². The summed E-state index contributed by atoms with van der Waals surface area (Å²) in [6, 6.07) is 19.6. The summed E-state index contributed by atoms with van der Waals surface area (Å²) in [7, 11) is -4.46. The Morgan fingerprint density at radius 3 is 2.39 bits per heavy atom. The Balaban J connectivity index is 1.72. The van der Waals surface area contributed by atoms with Gasteiger partial charge >= 0.3 is 0 Å². The van der Waals surface area contributed by atoms with E-state index in [1.165, 1.54) is 6.07 Å². The summed E-state index contributed by atoms with van der Waals surface area (Å²) in [6.07, 6.45) is 0. The molecule has 5 rings (SSSR count). The standard InChI is InChI=1S/C29H26N2O4S/c1-16-9-11-21-24(13-16)35-25-15-20(31-29-18(3)14-17(2)28(30)19(29)4)10-12-22(25)27(21)23-7-5-6-8-26(23)36(32,33)34/h5-15,31H,1,30H2,2-4H3,(H,32,33,34). The fourth-order valence-corrected chi connectivity index (χ4v) is 5.44. The number of benzene rings is 4. The second-order valence-electron chi connectivity index (χ2n) is 9.04. The van der Waals surface area contributed by atoms with Gasteiger partial charge in [0.15, 0.2) is 0 Å². The lowest BCUT2D eigenvalue weighted by atomic mass is 9.92. The third-order valence-electron chi connectivity index (χ3n) is 6.52. The van der Waals surface area contributed by atoms with Crippen LogP contribution in [0.2, 0.25) is 0 Å². The molecule has 1 heterocycles. The Morgan fingerprint density at radius 1 is 0.889 bits per heavy atom. The summed E-state index contributed by atoms with van der Waals surface area (Å²) in [5.74, 6) is 1.10.